The second-order valence-electron chi connectivity index (χ2n) is 3.77. The minimum absolute atomic E-state index is 0.0191. The van der Waals surface area contributed by atoms with Crippen LogP contribution in [0.2, 0.25) is 0 Å². The van der Waals surface area contributed by atoms with Crippen molar-refractivity contribution in [1.29, 1.82) is 0 Å². The maximum absolute atomic E-state index is 11.0. The highest BCUT2D eigenvalue weighted by molar-refractivity contribution is 5.72. The molecule has 3 atom stereocenters. The lowest BCUT2D eigenvalue weighted by Gasteiger charge is -2.20. The Labute approximate surface area is 84.8 Å². The van der Waals surface area contributed by atoms with E-state index in [1.54, 1.807) is 6.08 Å². The third-order valence-electron chi connectivity index (χ3n) is 2.63. The molecule has 0 saturated carbocycles. The Morgan fingerprint density at radius 2 is 2.50 bits per heavy atom. The monoisotopic (exact) mass is 198 g/mol. The number of esters is 1. The van der Waals surface area contributed by atoms with Crippen molar-refractivity contribution in [2.24, 2.45) is 5.92 Å². The van der Waals surface area contributed by atoms with Crippen LogP contribution in [0.15, 0.2) is 12.7 Å². The summed E-state index contributed by atoms with van der Waals surface area (Å²) in [4.78, 5) is 11.0. The van der Waals surface area contributed by atoms with Crippen LogP contribution in [-0.2, 0) is 9.53 Å². The lowest BCUT2D eigenvalue weighted by molar-refractivity contribution is -0.145. The molecule has 0 spiro atoms. The first kappa shape index (κ1) is 11.2. The Hall–Kier alpha value is -0.830. The SMILES string of the molecule is C=C[C@@H]1CC(=O)O[C@H]1[C@H](O)CCCC. The van der Waals surface area contributed by atoms with Gasteiger partial charge in [-0.05, 0) is 6.42 Å². The van der Waals surface area contributed by atoms with E-state index in [2.05, 4.69) is 13.5 Å². The zero-order valence-corrected chi connectivity index (χ0v) is 8.61. The number of carbonyl (C=O) groups excluding carboxylic acids is 1. The Morgan fingerprint density at radius 1 is 1.79 bits per heavy atom. The predicted molar refractivity (Wildman–Crippen MR) is 53.7 cm³/mol. The molecule has 0 unspecified atom stereocenters. The number of carbonyl (C=O) groups is 1. The summed E-state index contributed by atoms with van der Waals surface area (Å²) in [6.07, 6.45) is 3.84. The minimum Gasteiger partial charge on any atom is -0.459 e. The highest BCUT2D eigenvalue weighted by atomic mass is 16.6. The molecule has 0 aromatic rings. The van der Waals surface area contributed by atoms with Crippen molar-refractivity contribution in [3.05, 3.63) is 12.7 Å². The van der Waals surface area contributed by atoms with Crippen LogP contribution in [0.5, 0.6) is 0 Å². The minimum atomic E-state index is -0.538. The van der Waals surface area contributed by atoms with Gasteiger partial charge in [0, 0.05) is 5.92 Å². The summed E-state index contributed by atoms with van der Waals surface area (Å²) in [5.74, 6) is -0.246. The van der Waals surface area contributed by atoms with Gasteiger partial charge in [-0.25, -0.2) is 0 Å². The summed E-state index contributed by atoms with van der Waals surface area (Å²) in [6.45, 7) is 5.71. The first-order chi connectivity index (χ1) is 6.69. The fourth-order valence-corrected chi connectivity index (χ4v) is 1.75. The average Bonchev–Trinajstić information content (AvgIpc) is 2.56. The molecule has 1 fully saturated rings. The molecule has 14 heavy (non-hydrogen) atoms. The second kappa shape index (κ2) is 5.15. The largest absolute Gasteiger partial charge is 0.459 e. The molecule has 0 radical (unpaired) electrons. The number of hydrogen-bond acceptors (Lipinski definition) is 3. The van der Waals surface area contributed by atoms with Crippen LogP contribution in [-0.4, -0.2) is 23.3 Å². The molecule has 3 heteroatoms. The van der Waals surface area contributed by atoms with Crippen molar-refractivity contribution >= 4 is 5.97 Å². The first-order valence-electron chi connectivity index (χ1n) is 5.19. The summed E-state index contributed by atoms with van der Waals surface area (Å²) < 4.78 is 5.06. The van der Waals surface area contributed by atoms with Crippen molar-refractivity contribution in [1.82, 2.24) is 0 Å². The van der Waals surface area contributed by atoms with Gasteiger partial charge in [-0.15, -0.1) is 6.58 Å². The quantitative estimate of drug-likeness (QED) is 0.539. The van der Waals surface area contributed by atoms with Gasteiger partial charge < -0.3 is 9.84 Å². The molecule has 3 nitrogen and oxygen atoms in total. The number of aliphatic hydroxyl groups excluding tert-OH is 1. The molecular formula is C11H18O3. The summed E-state index contributed by atoms with van der Waals surface area (Å²) >= 11 is 0. The second-order valence-corrected chi connectivity index (χ2v) is 3.77. The topological polar surface area (TPSA) is 46.5 Å². The van der Waals surface area contributed by atoms with Gasteiger partial charge in [0.25, 0.3) is 0 Å². The summed E-state index contributed by atoms with van der Waals surface area (Å²) in [5.41, 5.74) is 0. The normalized spacial score (nSPS) is 28.6. The molecule has 0 bridgehead atoms. The van der Waals surface area contributed by atoms with Crippen LogP contribution >= 0.6 is 0 Å². The van der Waals surface area contributed by atoms with E-state index in [9.17, 15) is 9.90 Å². The Morgan fingerprint density at radius 3 is 3.07 bits per heavy atom. The van der Waals surface area contributed by atoms with Gasteiger partial charge in [0.2, 0.25) is 0 Å². The Kier molecular flexibility index (Phi) is 4.14. The van der Waals surface area contributed by atoms with E-state index in [4.69, 9.17) is 4.74 Å². The van der Waals surface area contributed by atoms with Crippen molar-refractivity contribution in [3.8, 4) is 0 Å². The lowest BCUT2D eigenvalue weighted by atomic mass is 9.95. The van der Waals surface area contributed by atoms with Crippen LogP contribution in [0.25, 0.3) is 0 Å². The van der Waals surface area contributed by atoms with Crippen LogP contribution in [0.4, 0.5) is 0 Å². The van der Waals surface area contributed by atoms with Gasteiger partial charge in [-0.2, -0.15) is 0 Å². The van der Waals surface area contributed by atoms with Gasteiger partial charge in [0.1, 0.15) is 6.10 Å². The van der Waals surface area contributed by atoms with Crippen molar-refractivity contribution < 1.29 is 14.6 Å². The number of ether oxygens (including phenoxy) is 1. The molecule has 1 rings (SSSR count). The molecule has 0 aromatic heterocycles. The van der Waals surface area contributed by atoms with Gasteiger partial charge in [-0.3, -0.25) is 4.79 Å². The number of cyclic esters (lactones) is 1. The van der Waals surface area contributed by atoms with Gasteiger partial charge >= 0.3 is 5.97 Å². The first-order valence-corrected chi connectivity index (χ1v) is 5.19. The van der Waals surface area contributed by atoms with E-state index in [1.807, 2.05) is 0 Å². The molecule has 1 N–H and O–H groups in total. The van der Waals surface area contributed by atoms with Gasteiger partial charge in [-0.1, -0.05) is 25.8 Å². The van der Waals surface area contributed by atoms with E-state index in [0.29, 0.717) is 12.8 Å². The van der Waals surface area contributed by atoms with Crippen molar-refractivity contribution in [2.75, 3.05) is 0 Å². The van der Waals surface area contributed by atoms with Crippen LogP contribution in [0.3, 0.4) is 0 Å². The van der Waals surface area contributed by atoms with E-state index >= 15 is 0 Å². The van der Waals surface area contributed by atoms with E-state index < -0.39 is 6.10 Å². The third-order valence-corrected chi connectivity index (χ3v) is 2.63. The van der Waals surface area contributed by atoms with Gasteiger partial charge in [0.05, 0.1) is 12.5 Å². The van der Waals surface area contributed by atoms with Crippen LogP contribution in [0, 0.1) is 5.92 Å². The van der Waals surface area contributed by atoms with E-state index in [0.717, 1.165) is 12.8 Å². The highest BCUT2D eigenvalue weighted by Crippen LogP contribution is 2.27. The standard InChI is InChI=1S/C11H18O3/c1-3-5-6-9(12)11-8(4-2)7-10(13)14-11/h4,8-9,11-12H,2-3,5-7H2,1H3/t8-,9-,11-/m1/s1. The zero-order valence-electron chi connectivity index (χ0n) is 8.61. The van der Waals surface area contributed by atoms with Crippen LogP contribution < -0.4 is 0 Å². The molecule has 80 valence electrons. The molecule has 1 aliphatic heterocycles. The number of unbranched alkanes of at least 4 members (excludes halogenated alkanes) is 1. The number of aliphatic hydroxyl groups is 1. The summed E-state index contributed by atoms with van der Waals surface area (Å²) in [7, 11) is 0. The molecule has 1 heterocycles. The third kappa shape index (κ3) is 2.58. The lowest BCUT2D eigenvalue weighted by Crippen LogP contribution is -2.30. The van der Waals surface area contributed by atoms with Gasteiger partial charge in [0.15, 0.2) is 0 Å². The van der Waals surface area contributed by atoms with Crippen molar-refractivity contribution in [2.45, 2.75) is 44.8 Å². The van der Waals surface area contributed by atoms with E-state index in [-0.39, 0.29) is 18.0 Å². The molecule has 1 saturated heterocycles. The molecule has 0 aliphatic carbocycles. The fourth-order valence-electron chi connectivity index (χ4n) is 1.75. The number of hydrogen-bond donors (Lipinski definition) is 1. The highest BCUT2D eigenvalue weighted by Gasteiger charge is 2.37. The molecule has 1 aliphatic rings. The number of rotatable bonds is 5. The summed E-state index contributed by atoms with van der Waals surface area (Å²) in [5, 5.41) is 9.77. The molecule has 0 aromatic carbocycles. The maximum atomic E-state index is 11.0. The Bertz CT molecular complexity index is 213. The van der Waals surface area contributed by atoms with E-state index in [1.165, 1.54) is 0 Å². The zero-order chi connectivity index (χ0) is 10.6. The Balaban J connectivity index is 2.48. The summed E-state index contributed by atoms with van der Waals surface area (Å²) in [6, 6.07) is 0. The van der Waals surface area contributed by atoms with Crippen molar-refractivity contribution in [3.63, 3.8) is 0 Å². The maximum Gasteiger partial charge on any atom is 0.306 e. The van der Waals surface area contributed by atoms with Crippen LogP contribution in [0.1, 0.15) is 32.6 Å². The smallest absolute Gasteiger partial charge is 0.306 e. The predicted octanol–water partition coefficient (Wildman–Crippen LogP) is 1.66. The molecule has 0 amide bonds. The fraction of sp³-hybridized carbons (Fsp3) is 0.727. The average molecular weight is 198 g/mol. The molecular weight excluding hydrogens is 180 g/mol.